The second-order valence-electron chi connectivity index (χ2n) is 11.1. The Kier molecular flexibility index (Phi) is 9.14. The molecule has 6 rings (SSSR count). The van der Waals surface area contributed by atoms with Crippen LogP contribution in [-0.2, 0) is 6.42 Å². The SMILES string of the molecule is COc1ccc([N+](=O)[O-])cc1-c1ccc(/C=N/Nc2nc(Nc3ccc(C)cc3)nc(N3CCC(Cc4ccccc4)CC3)n2)o1. The summed E-state index contributed by atoms with van der Waals surface area (Å²) in [4.78, 5) is 27.0. The van der Waals surface area contributed by atoms with Gasteiger partial charge in [-0.25, -0.2) is 5.43 Å². The van der Waals surface area contributed by atoms with Crippen molar-refractivity contribution in [2.75, 3.05) is 35.8 Å². The number of nitrogens with one attached hydrogen (secondary N) is 2. The molecule has 0 unspecified atom stereocenters. The number of hydrazone groups is 1. The van der Waals surface area contributed by atoms with Crippen molar-refractivity contribution in [3.05, 3.63) is 112 Å². The number of rotatable bonds is 11. The molecule has 2 aromatic heterocycles. The number of anilines is 4. The Balaban J connectivity index is 1.18. The van der Waals surface area contributed by atoms with E-state index in [2.05, 4.69) is 61.0 Å². The number of nitrogens with zero attached hydrogens (tertiary/aromatic N) is 6. The number of nitro benzene ring substituents is 1. The summed E-state index contributed by atoms with van der Waals surface area (Å²) in [5, 5.41) is 18.9. The first-order valence-electron chi connectivity index (χ1n) is 15.0. The molecule has 1 fully saturated rings. The van der Waals surface area contributed by atoms with Gasteiger partial charge in [0.1, 0.15) is 17.3 Å². The number of benzene rings is 3. The zero-order chi connectivity index (χ0) is 31.9. The molecule has 3 heterocycles. The summed E-state index contributed by atoms with van der Waals surface area (Å²) in [5.74, 6) is 3.13. The Morgan fingerprint density at radius 1 is 1.00 bits per heavy atom. The number of nitro groups is 1. The third-order valence-corrected chi connectivity index (χ3v) is 7.84. The van der Waals surface area contributed by atoms with Crippen LogP contribution in [0, 0.1) is 23.0 Å². The summed E-state index contributed by atoms with van der Waals surface area (Å²) < 4.78 is 11.3. The van der Waals surface area contributed by atoms with Crippen molar-refractivity contribution < 1.29 is 14.1 Å². The van der Waals surface area contributed by atoms with E-state index in [1.54, 1.807) is 12.1 Å². The Bertz CT molecular complexity index is 1820. The lowest BCUT2D eigenvalue weighted by atomic mass is 9.90. The number of hydrogen-bond acceptors (Lipinski definition) is 11. The molecule has 2 N–H and O–H groups in total. The molecule has 1 saturated heterocycles. The molecule has 0 aliphatic carbocycles. The van der Waals surface area contributed by atoms with Crippen molar-refractivity contribution in [2.24, 2.45) is 11.0 Å². The molecule has 12 nitrogen and oxygen atoms in total. The minimum atomic E-state index is -0.462. The molecular formula is C34H34N8O4. The van der Waals surface area contributed by atoms with E-state index in [1.807, 2.05) is 31.2 Å². The Hall–Kier alpha value is -5.78. The van der Waals surface area contributed by atoms with Crippen LogP contribution in [0.2, 0.25) is 0 Å². The molecule has 1 aliphatic heterocycles. The van der Waals surface area contributed by atoms with Gasteiger partial charge in [-0.3, -0.25) is 10.1 Å². The second kappa shape index (κ2) is 13.9. The first kappa shape index (κ1) is 30.3. The molecule has 0 bridgehead atoms. The van der Waals surface area contributed by atoms with Crippen LogP contribution in [-0.4, -0.2) is 46.3 Å². The van der Waals surface area contributed by atoms with Crippen molar-refractivity contribution in [2.45, 2.75) is 26.2 Å². The standard InChI is InChI=1S/C34H34N8O4/c1-23-8-10-26(11-9-23)36-32-37-33(39-34(38-32)41-18-16-25(17-19-41)20-24-6-4-3-5-7-24)40-35-22-28-13-15-31(46-28)29-21-27(42(43)44)12-14-30(29)45-2/h3-15,21-22,25H,16-20H2,1-2H3,(H2,36,37,38,39,40)/b35-22+. The van der Waals surface area contributed by atoms with Gasteiger partial charge in [0.05, 0.1) is 23.8 Å². The Labute approximate surface area is 266 Å². The lowest BCUT2D eigenvalue weighted by molar-refractivity contribution is -0.384. The van der Waals surface area contributed by atoms with Crippen LogP contribution in [0.15, 0.2) is 94.4 Å². The molecule has 0 radical (unpaired) electrons. The van der Waals surface area contributed by atoms with E-state index in [9.17, 15) is 10.1 Å². The van der Waals surface area contributed by atoms with Gasteiger partial charge in [-0.2, -0.15) is 20.1 Å². The summed E-state index contributed by atoms with van der Waals surface area (Å²) in [6, 6.07) is 26.4. The molecule has 1 aliphatic rings. The van der Waals surface area contributed by atoms with Gasteiger partial charge in [-0.1, -0.05) is 48.0 Å². The average molecular weight is 619 g/mol. The quantitative estimate of drug-likeness (QED) is 0.0901. The minimum Gasteiger partial charge on any atom is -0.496 e. The molecule has 234 valence electrons. The summed E-state index contributed by atoms with van der Waals surface area (Å²) in [6.45, 7) is 3.71. The van der Waals surface area contributed by atoms with Gasteiger partial charge in [0.15, 0.2) is 0 Å². The number of aromatic nitrogens is 3. The van der Waals surface area contributed by atoms with Crippen LogP contribution in [0.1, 0.15) is 29.7 Å². The summed E-state index contributed by atoms with van der Waals surface area (Å²) in [5.41, 5.74) is 6.69. The molecule has 46 heavy (non-hydrogen) atoms. The number of non-ortho nitro benzene ring substituents is 1. The molecule has 0 spiro atoms. The summed E-state index contributed by atoms with van der Waals surface area (Å²) in [7, 11) is 1.50. The van der Waals surface area contributed by atoms with Crippen LogP contribution < -0.4 is 20.4 Å². The predicted molar refractivity (Wildman–Crippen MR) is 178 cm³/mol. The highest BCUT2D eigenvalue weighted by molar-refractivity contribution is 5.79. The first-order valence-corrected chi connectivity index (χ1v) is 15.0. The van der Waals surface area contributed by atoms with Crippen molar-refractivity contribution in [1.29, 1.82) is 0 Å². The highest BCUT2D eigenvalue weighted by atomic mass is 16.6. The van der Waals surface area contributed by atoms with Crippen LogP contribution in [0.3, 0.4) is 0 Å². The summed E-state index contributed by atoms with van der Waals surface area (Å²) >= 11 is 0. The molecule has 0 amide bonds. The van der Waals surface area contributed by atoms with Crippen molar-refractivity contribution in [3.8, 4) is 17.1 Å². The third kappa shape index (κ3) is 7.46. The van der Waals surface area contributed by atoms with E-state index >= 15 is 0 Å². The summed E-state index contributed by atoms with van der Waals surface area (Å²) in [6.07, 6.45) is 4.63. The zero-order valence-electron chi connectivity index (χ0n) is 25.6. The third-order valence-electron chi connectivity index (χ3n) is 7.84. The number of methoxy groups -OCH3 is 1. The van der Waals surface area contributed by atoms with Crippen LogP contribution in [0.5, 0.6) is 5.75 Å². The van der Waals surface area contributed by atoms with E-state index in [-0.39, 0.29) is 11.6 Å². The molecule has 5 aromatic rings. The van der Waals surface area contributed by atoms with Gasteiger partial charge in [-0.05, 0) is 68.0 Å². The number of ether oxygens (including phenoxy) is 1. The van der Waals surface area contributed by atoms with Crippen LogP contribution >= 0.6 is 0 Å². The molecule has 0 saturated carbocycles. The Morgan fingerprint density at radius 3 is 2.50 bits per heavy atom. The van der Waals surface area contributed by atoms with Crippen molar-refractivity contribution in [1.82, 2.24) is 15.0 Å². The van der Waals surface area contributed by atoms with E-state index in [0.29, 0.717) is 40.6 Å². The molecule has 12 heteroatoms. The fourth-order valence-electron chi connectivity index (χ4n) is 5.39. The smallest absolute Gasteiger partial charge is 0.270 e. The normalized spacial score (nSPS) is 13.6. The van der Waals surface area contributed by atoms with Gasteiger partial charge in [0, 0.05) is 30.9 Å². The average Bonchev–Trinajstić information content (AvgIpc) is 3.55. The molecule has 0 atom stereocenters. The maximum absolute atomic E-state index is 11.3. The lowest BCUT2D eigenvalue weighted by Crippen LogP contribution is -2.35. The largest absolute Gasteiger partial charge is 0.496 e. The first-order chi connectivity index (χ1) is 22.4. The zero-order valence-corrected chi connectivity index (χ0v) is 25.6. The predicted octanol–water partition coefficient (Wildman–Crippen LogP) is 7.01. The van der Waals surface area contributed by atoms with E-state index < -0.39 is 4.92 Å². The van der Waals surface area contributed by atoms with E-state index in [1.165, 1.54) is 37.1 Å². The van der Waals surface area contributed by atoms with Gasteiger partial charge in [0.2, 0.25) is 17.8 Å². The number of furan rings is 1. The van der Waals surface area contributed by atoms with Gasteiger partial charge >= 0.3 is 0 Å². The number of hydrogen-bond donors (Lipinski definition) is 2. The van der Waals surface area contributed by atoms with Gasteiger partial charge in [-0.15, -0.1) is 0 Å². The van der Waals surface area contributed by atoms with Crippen molar-refractivity contribution >= 4 is 35.4 Å². The second-order valence-corrected chi connectivity index (χ2v) is 11.1. The monoisotopic (exact) mass is 618 g/mol. The lowest BCUT2D eigenvalue weighted by Gasteiger charge is -2.32. The van der Waals surface area contributed by atoms with Crippen LogP contribution in [0.25, 0.3) is 11.3 Å². The fraction of sp³-hybridized carbons (Fsp3) is 0.235. The maximum atomic E-state index is 11.3. The highest BCUT2D eigenvalue weighted by Crippen LogP contribution is 2.34. The van der Waals surface area contributed by atoms with Gasteiger partial charge < -0.3 is 19.4 Å². The van der Waals surface area contributed by atoms with Crippen LogP contribution in [0.4, 0.5) is 29.2 Å². The maximum Gasteiger partial charge on any atom is 0.270 e. The van der Waals surface area contributed by atoms with Gasteiger partial charge in [0.25, 0.3) is 5.69 Å². The van der Waals surface area contributed by atoms with E-state index in [0.717, 1.165) is 43.6 Å². The number of piperidine rings is 1. The minimum absolute atomic E-state index is 0.0646. The Morgan fingerprint density at radius 2 is 1.76 bits per heavy atom. The van der Waals surface area contributed by atoms with Crippen molar-refractivity contribution in [3.63, 3.8) is 0 Å². The fourth-order valence-corrected chi connectivity index (χ4v) is 5.39. The van der Waals surface area contributed by atoms with E-state index in [4.69, 9.17) is 14.1 Å². The molecular weight excluding hydrogens is 584 g/mol. The highest BCUT2D eigenvalue weighted by Gasteiger charge is 2.23. The topological polar surface area (TPSA) is 144 Å². The molecule has 3 aromatic carbocycles. The number of aryl methyl sites for hydroxylation is 1.